The molecule has 0 heterocycles. The minimum absolute atomic E-state index is 0.155. The van der Waals surface area contributed by atoms with Gasteiger partial charge in [0.15, 0.2) is 0 Å². The molecule has 1 unspecified atom stereocenters. The van der Waals surface area contributed by atoms with E-state index in [9.17, 15) is 5.11 Å². The largest absolute Gasteiger partial charge is 0.392 e. The first-order chi connectivity index (χ1) is 5.16. The number of hydrogen-bond donors (Lipinski definition) is 2. The quantitative estimate of drug-likeness (QED) is 0.627. The summed E-state index contributed by atoms with van der Waals surface area (Å²) in [7, 11) is 0. The lowest BCUT2D eigenvalue weighted by Crippen LogP contribution is -2.30. The van der Waals surface area contributed by atoms with Gasteiger partial charge in [-0.15, -0.1) is 0 Å². The zero-order chi connectivity index (χ0) is 8.32. The lowest BCUT2D eigenvalue weighted by atomic mass is 10.1. The first-order valence-electron chi connectivity index (χ1n) is 4.55. The van der Waals surface area contributed by atoms with Crippen LogP contribution in [0.1, 0.15) is 33.1 Å². The monoisotopic (exact) mass is 157 g/mol. The van der Waals surface area contributed by atoms with E-state index in [1.165, 1.54) is 12.8 Å². The van der Waals surface area contributed by atoms with Crippen LogP contribution in [0.2, 0.25) is 0 Å². The highest BCUT2D eigenvalue weighted by Crippen LogP contribution is 2.43. The van der Waals surface area contributed by atoms with Gasteiger partial charge in [-0.05, 0) is 24.7 Å². The predicted octanol–water partition coefficient (Wildman–Crippen LogP) is 1.15. The molecular formula is C9H19NO. The van der Waals surface area contributed by atoms with E-state index in [1.54, 1.807) is 0 Å². The fraction of sp³-hybridized carbons (Fsp3) is 1.00. The van der Waals surface area contributed by atoms with Gasteiger partial charge in [-0.2, -0.15) is 0 Å². The van der Waals surface area contributed by atoms with Gasteiger partial charge in [-0.1, -0.05) is 13.8 Å². The highest BCUT2D eigenvalue weighted by Gasteiger charge is 2.36. The molecule has 1 fully saturated rings. The van der Waals surface area contributed by atoms with Crippen molar-refractivity contribution in [3.63, 3.8) is 0 Å². The molecule has 1 aliphatic carbocycles. The normalized spacial score (nSPS) is 23.2. The third-order valence-corrected chi connectivity index (χ3v) is 2.51. The van der Waals surface area contributed by atoms with Gasteiger partial charge in [0.05, 0.1) is 6.10 Å². The van der Waals surface area contributed by atoms with Crippen LogP contribution in [-0.4, -0.2) is 24.3 Å². The van der Waals surface area contributed by atoms with Crippen LogP contribution in [-0.2, 0) is 0 Å². The van der Waals surface area contributed by atoms with Gasteiger partial charge >= 0.3 is 0 Å². The molecule has 11 heavy (non-hydrogen) atoms. The Labute approximate surface area is 69.0 Å². The van der Waals surface area contributed by atoms with Crippen molar-refractivity contribution in [2.75, 3.05) is 13.1 Å². The third-order valence-electron chi connectivity index (χ3n) is 2.51. The molecule has 0 spiro atoms. The maximum absolute atomic E-state index is 9.21. The molecule has 2 heteroatoms. The Hall–Kier alpha value is -0.0800. The Bertz CT molecular complexity index is 121. The number of aliphatic hydroxyl groups excluding tert-OH is 1. The van der Waals surface area contributed by atoms with Crippen LogP contribution in [0.25, 0.3) is 0 Å². The Morgan fingerprint density at radius 2 is 2.18 bits per heavy atom. The molecule has 66 valence electrons. The molecule has 0 radical (unpaired) electrons. The van der Waals surface area contributed by atoms with E-state index in [-0.39, 0.29) is 6.10 Å². The molecule has 0 saturated heterocycles. The minimum atomic E-state index is -0.155. The van der Waals surface area contributed by atoms with Crippen LogP contribution < -0.4 is 5.32 Å². The standard InChI is InChI=1S/C9H19NO/c1-3-8(11)6-10-7-9(2)4-5-9/h8,10-11H,3-7H2,1-2H3. The van der Waals surface area contributed by atoms with Gasteiger partial charge in [0.1, 0.15) is 0 Å². The fourth-order valence-electron chi connectivity index (χ4n) is 1.08. The SMILES string of the molecule is CCC(O)CNCC1(C)CC1. The fourth-order valence-corrected chi connectivity index (χ4v) is 1.08. The Balaban J connectivity index is 1.95. The number of nitrogens with one attached hydrogen (secondary N) is 1. The molecule has 2 N–H and O–H groups in total. The minimum Gasteiger partial charge on any atom is -0.392 e. The number of aliphatic hydroxyl groups is 1. The lowest BCUT2D eigenvalue weighted by molar-refractivity contribution is 0.165. The van der Waals surface area contributed by atoms with Crippen molar-refractivity contribution in [2.24, 2.45) is 5.41 Å². The Morgan fingerprint density at radius 1 is 1.55 bits per heavy atom. The molecule has 1 saturated carbocycles. The highest BCUT2D eigenvalue weighted by atomic mass is 16.3. The molecule has 2 nitrogen and oxygen atoms in total. The van der Waals surface area contributed by atoms with Crippen molar-refractivity contribution in [3.05, 3.63) is 0 Å². The average molecular weight is 157 g/mol. The lowest BCUT2D eigenvalue weighted by Gasteiger charge is -2.12. The van der Waals surface area contributed by atoms with Crippen LogP contribution in [0.3, 0.4) is 0 Å². The zero-order valence-corrected chi connectivity index (χ0v) is 7.56. The van der Waals surface area contributed by atoms with Crippen LogP contribution in [0.5, 0.6) is 0 Å². The summed E-state index contributed by atoms with van der Waals surface area (Å²) in [4.78, 5) is 0. The van der Waals surface area contributed by atoms with E-state index in [2.05, 4.69) is 12.2 Å². The molecular weight excluding hydrogens is 138 g/mol. The molecule has 1 aliphatic rings. The van der Waals surface area contributed by atoms with Crippen molar-refractivity contribution in [1.82, 2.24) is 5.32 Å². The van der Waals surface area contributed by atoms with Crippen LogP contribution >= 0.6 is 0 Å². The van der Waals surface area contributed by atoms with E-state index < -0.39 is 0 Å². The van der Waals surface area contributed by atoms with Gasteiger partial charge in [0.2, 0.25) is 0 Å². The predicted molar refractivity (Wildman–Crippen MR) is 46.5 cm³/mol. The Morgan fingerprint density at radius 3 is 2.64 bits per heavy atom. The molecule has 0 amide bonds. The van der Waals surface area contributed by atoms with Crippen molar-refractivity contribution in [2.45, 2.75) is 39.2 Å². The van der Waals surface area contributed by atoms with Crippen LogP contribution in [0.15, 0.2) is 0 Å². The Kier molecular flexibility index (Phi) is 2.90. The average Bonchev–Trinajstić information content (AvgIpc) is 2.68. The zero-order valence-electron chi connectivity index (χ0n) is 7.56. The molecule has 1 atom stereocenters. The maximum Gasteiger partial charge on any atom is 0.0662 e. The first-order valence-corrected chi connectivity index (χ1v) is 4.55. The summed E-state index contributed by atoms with van der Waals surface area (Å²) in [5.74, 6) is 0. The highest BCUT2D eigenvalue weighted by molar-refractivity contribution is 4.90. The van der Waals surface area contributed by atoms with Gasteiger partial charge in [0.25, 0.3) is 0 Å². The second-order valence-electron chi connectivity index (χ2n) is 4.00. The van der Waals surface area contributed by atoms with Crippen LogP contribution in [0, 0.1) is 5.41 Å². The number of hydrogen-bond acceptors (Lipinski definition) is 2. The summed E-state index contributed by atoms with van der Waals surface area (Å²) >= 11 is 0. The van der Waals surface area contributed by atoms with Crippen molar-refractivity contribution < 1.29 is 5.11 Å². The molecule has 1 rings (SSSR count). The number of rotatable bonds is 5. The van der Waals surface area contributed by atoms with E-state index in [1.807, 2.05) is 6.92 Å². The summed E-state index contributed by atoms with van der Waals surface area (Å²) in [6, 6.07) is 0. The summed E-state index contributed by atoms with van der Waals surface area (Å²) in [6.07, 6.45) is 3.39. The molecule has 0 aromatic heterocycles. The summed E-state index contributed by atoms with van der Waals surface area (Å²) in [5, 5.41) is 12.5. The van der Waals surface area contributed by atoms with E-state index in [4.69, 9.17) is 0 Å². The topological polar surface area (TPSA) is 32.3 Å². The van der Waals surface area contributed by atoms with E-state index in [0.717, 1.165) is 19.5 Å². The maximum atomic E-state index is 9.21. The van der Waals surface area contributed by atoms with Gasteiger partial charge in [-0.3, -0.25) is 0 Å². The summed E-state index contributed by atoms with van der Waals surface area (Å²) in [5.41, 5.74) is 0.563. The smallest absolute Gasteiger partial charge is 0.0662 e. The summed E-state index contributed by atoms with van der Waals surface area (Å²) < 4.78 is 0. The van der Waals surface area contributed by atoms with Crippen LogP contribution in [0.4, 0.5) is 0 Å². The van der Waals surface area contributed by atoms with Gasteiger partial charge in [0, 0.05) is 13.1 Å². The third kappa shape index (κ3) is 3.21. The summed E-state index contributed by atoms with van der Waals surface area (Å²) in [6.45, 7) is 6.12. The van der Waals surface area contributed by atoms with E-state index >= 15 is 0 Å². The van der Waals surface area contributed by atoms with Crippen molar-refractivity contribution in [3.8, 4) is 0 Å². The molecule has 0 aromatic carbocycles. The van der Waals surface area contributed by atoms with E-state index in [0.29, 0.717) is 5.41 Å². The van der Waals surface area contributed by atoms with Gasteiger partial charge in [-0.25, -0.2) is 0 Å². The molecule has 0 aromatic rings. The second kappa shape index (κ2) is 3.55. The molecule has 0 bridgehead atoms. The van der Waals surface area contributed by atoms with Crippen molar-refractivity contribution in [1.29, 1.82) is 0 Å². The molecule has 0 aliphatic heterocycles. The van der Waals surface area contributed by atoms with Crippen molar-refractivity contribution >= 4 is 0 Å². The first kappa shape index (κ1) is 9.01. The second-order valence-corrected chi connectivity index (χ2v) is 4.00. The van der Waals surface area contributed by atoms with Gasteiger partial charge < -0.3 is 10.4 Å².